The van der Waals surface area contributed by atoms with Gasteiger partial charge in [0.25, 0.3) is 0 Å². The van der Waals surface area contributed by atoms with Crippen molar-refractivity contribution in [2.24, 2.45) is 17.6 Å². The van der Waals surface area contributed by atoms with E-state index < -0.39 is 54.5 Å². The molecule has 7 N–H and O–H groups in total. The number of carboxylic acids is 1. The summed E-state index contributed by atoms with van der Waals surface area (Å²) in [5, 5.41) is 25.5. The average molecular weight is 421 g/mol. The van der Waals surface area contributed by atoms with E-state index in [1.807, 2.05) is 6.92 Å². The number of rotatable bonds is 12. The number of aliphatic hydroxyl groups is 1. The standard InChI is InChI=1S/C17H32N4O6S/c1-5-9(4)13(21-14(23)10(18)6-22)16(25)20-12(8(2)3)15(24)19-11(7-28)17(26)27/h8-13,22,28H,5-7,18H2,1-4H3,(H,19,24)(H,20,25)(H,21,23)(H,26,27). The Balaban J connectivity index is 5.36. The van der Waals surface area contributed by atoms with Crippen LogP contribution in [0.4, 0.5) is 0 Å². The van der Waals surface area contributed by atoms with Gasteiger partial charge in [0.05, 0.1) is 6.61 Å². The summed E-state index contributed by atoms with van der Waals surface area (Å²) in [6, 6.07) is -4.34. The number of amides is 3. The van der Waals surface area contributed by atoms with Gasteiger partial charge in [0.1, 0.15) is 24.2 Å². The summed E-state index contributed by atoms with van der Waals surface area (Å²) in [4.78, 5) is 48.3. The highest BCUT2D eigenvalue weighted by Crippen LogP contribution is 2.11. The molecule has 0 aromatic heterocycles. The van der Waals surface area contributed by atoms with E-state index in [2.05, 4.69) is 28.6 Å². The van der Waals surface area contributed by atoms with Gasteiger partial charge in [-0.1, -0.05) is 34.1 Å². The fourth-order valence-corrected chi connectivity index (χ4v) is 2.52. The minimum absolute atomic E-state index is 0.107. The summed E-state index contributed by atoms with van der Waals surface area (Å²) in [5.74, 6) is -3.90. The first kappa shape index (κ1) is 26.1. The molecule has 162 valence electrons. The maximum Gasteiger partial charge on any atom is 0.327 e. The van der Waals surface area contributed by atoms with Crippen LogP contribution in [-0.4, -0.2) is 70.4 Å². The Bertz CT molecular complexity index is 560. The third-order valence-electron chi connectivity index (χ3n) is 4.37. The van der Waals surface area contributed by atoms with Gasteiger partial charge in [-0.2, -0.15) is 12.6 Å². The molecule has 11 heteroatoms. The zero-order chi connectivity index (χ0) is 22.0. The molecule has 0 fully saturated rings. The van der Waals surface area contributed by atoms with E-state index in [-0.39, 0.29) is 17.6 Å². The number of carboxylic acid groups (broad SMARTS) is 1. The normalized spacial score (nSPS) is 16.4. The van der Waals surface area contributed by atoms with Crippen LogP contribution in [0.5, 0.6) is 0 Å². The monoisotopic (exact) mass is 420 g/mol. The van der Waals surface area contributed by atoms with Gasteiger partial charge in [-0.3, -0.25) is 14.4 Å². The molecule has 0 aromatic rings. The molecule has 0 aliphatic heterocycles. The van der Waals surface area contributed by atoms with Crippen LogP contribution in [0.2, 0.25) is 0 Å². The summed E-state index contributed by atoms with van der Waals surface area (Å²) >= 11 is 3.90. The molecule has 0 heterocycles. The quantitative estimate of drug-likeness (QED) is 0.188. The highest BCUT2D eigenvalue weighted by atomic mass is 32.1. The van der Waals surface area contributed by atoms with E-state index in [1.165, 1.54) is 0 Å². The molecule has 3 amide bonds. The first-order chi connectivity index (χ1) is 13.0. The van der Waals surface area contributed by atoms with Crippen molar-refractivity contribution in [3.05, 3.63) is 0 Å². The molecule has 0 aliphatic carbocycles. The van der Waals surface area contributed by atoms with Crippen LogP contribution in [-0.2, 0) is 19.2 Å². The van der Waals surface area contributed by atoms with Crippen LogP contribution in [0, 0.1) is 11.8 Å². The molecule has 0 rings (SSSR count). The minimum atomic E-state index is -1.24. The van der Waals surface area contributed by atoms with Crippen molar-refractivity contribution in [1.29, 1.82) is 0 Å². The smallest absolute Gasteiger partial charge is 0.327 e. The number of nitrogens with one attached hydrogen (secondary N) is 3. The number of nitrogens with two attached hydrogens (primary N) is 1. The van der Waals surface area contributed by atoms with Crippen LogP contribution < -0.4 is 21.7 Å². The fraction of sp³-hybridized carbons (Fsp3) is 0.765. The van der Waals surface area contributed by atoms with Gasteiger partial charge < -0.3 is 31.9 Å². The lowest BCUT2D eigenvalue weighted by Crippen LogP contribution is -2.60. The summed E-state index contributed by atoms with van der Waals surface area (Å²) in [7, 11) is 0. The maximum atomic E-state index is 12.8. The Hall–Kier alpha value is -1.85. The van der Waals surface area contributed by atoms with E-state index in [9.17, 15) is 19.2 Å². The van der Waals surface area contributed by atoms with Gasteiger partial charge in [-0.25, -0.2) is 4.79 Å². The zero-order valence-electron chi connectivity index (χ0n) is 16.6. The van der Waals surface area contributed by atoms with Crippen molar-refractivity contribution >= 4 is 36.3 Å². The van der Waals surface area contributed by atoms with Gasteiger partial charge in [-0.05, 0) is 11.8 Å². The molecule has 0 aliphatic rings. The topological polar surface area (TPSA) is 171 Å². The zero-order valence-corrected chi connectivity index (χ0v) is 17.5. The Morgan fingerprint density at radius 1 is 0.964 bits per heavy atom. The number of hydrogen-bond acceptors (Lipinski definition) is 7. The molecule has 0 radical (unpaired) electrons. The minimum Gasteiger partial charge on any atom is -0.480 e. The number of carbonyl (C=O) groups excluding carboxylic acids is 3. The van der Waals surface area contributed by atoms with Crippen molar-refractivity contribution < 1.29 is 29.4 Å². The number of hydrogen-bond donors (Lipinski definition) is 7. The van der Waals surface area contributed by atoms with Crippen LogP contribution in [0.3, 0.4) is 0 Å². The van der Waals surface area contributed by atoms with Crippen LogP contribution in [0.1, 0.15) is 34.1 Å². The third-order valence-corrected chi connectivity index (χ3v) is 4.74. The molecule has 5 unspecified atom stereocenters. The maximum absolute atomic E-state index is 12.8. The van der Waals surface area contributed by atoms with E-state index in [0.29, 0.717) is 6.42 Å². The van der Waals surface area contributed by atoms with Crippen molar-refractivity contribution in [1.82, 2.24) is 16.0 Å². The van der Waals surface area contributed by atoms with Crippen molar-refractivity contribution in [2.75, 3.05) is 12.4 Å². The second kappa shape index (κ2) is 12.6. The van der Waals surface area contributed by atoms with E-state index >= 15 is 0 Å². The first-order valence-corrected chi connectivity index (χ1v) is 9.74. The van der Waals surface area contributed by atoms with Gasteiger partial charge >= 0.3 is 5.97 Å². The lowest BCUT2D eigenvalue weighted by Gasteiger charge is -2.29. The molecular weight excluding hydrogens is 388 g/mol. The number of aliphatic carboxylic acids is 1. The van der Waals surface area contributed by atoms with Crippen molar-refractivity contribution in [3.63, 3.8) is 0 Å². The molecular formula is C17H32N4O6S. The second-order valence-electron chi connectivity index (χ2n) is 6.97. The summed E-state index contributed by atoms with van der Waals surface area (Å²) in [5.41, 5.74) is 5.48. The highest BCUT2D eigenvalue weighted by Gasteiger charge is 2.33. The summed E-state index contributed by atoms with van der Waals surface area (Å²) in [6.07, 6.45) is 0.562. The lowest BCUT2D eigenvalue weighted by atomic mass is 9.96. The largest absolute Gasteiger partial charge is 0.480 e. The fourth-order valence-electron chi connectivity index (χ4n) is 2.27. The first-order valence-electron chi connectivity index (χ1n) is 9.11. The molecule has 0 saturated heterocycles. The van der Waals surface area contributed by atoms with E-state index in [1.54, 1.807) is 20.8 Å². The Labute approximate surface area is 170 Å². The predicted octanol–water partition coefficient (Wildman–Crippen LogP) is -1.52. The second-order valence-corrected chi connectivity index (χ2v) is 7.34. The molecule has 0 bridgehead atoms. The molecule has 0 spiro atoms. The van der Waals surface area contributed by atoms with Crippen LogP contribution in [0.15, 0.2) is 0 Å². The van der Waals surface area contributed by atoms with Gasteiger partial charge in [0, 0.05) is 5.75 Å². The predicted molar refractivity (Wildman–Crippen MR) is 107 cm³/mol. The van der Waals surface area contributed by atoms with Gasteiger partial charge in [0.15, 0.2) is 0 Å². The van der Waals surface area contributed by atoms with Crippen molar-refractivity contribution in [3.8, 4) is 0 Å². The van der Waals surface area contributed by atoms with Gasteiger partial charge in [-0.15, -0.1) is 0 Å². The van der Waals surface area contributed by atoms with Gasteiger partial charge in [0.2, 0.25) is 17.7 Å². The summed E-state index contributed by atoms with van der Waals surface area (Å²) in [6.45, 7) is 6.40. The molecule has 28 heavy (non-hydrogen) atoms. The van der Waals surface area contributed by atoms with Crippen LogP contribution in [0.25, 0.3) is 0 Å². The SMILES string of the molecule is CCC(C)C(NC(=O)C(N)CO)C(=O)NC(C(=O)NC(CS)C(=O)O)C(C)C. The Morgan fingerprint density at radius 2 is 1.46 bits per heavy atom. The number of carbonyl (C=O) groups is 4. The Morgan fingerprint density at radius 3 is 1.86 bits per heavy atom. The molecule has 10 nitrogen and oxygen atoms in total. The molecule has 0 saturated carbocycles. The highest BCUT2D eigenvalue weighted by molar-refractivity contribution is 7.80. The number of aliphatic hydroxyl groups excluding tert-OH is 1. The lowest BCUT2D eigenvalue weighted by molar-refractivity contribution is -0.142. The molecule has 5 atom stereocenters. The Kier molecular flexibility index (Phi) is 11.7. The average Bonchev–Trinajstić information content (AvgIpc) is 2.65. The van der Waals surface area contributed by atoms with Crippen LogP contribution >= 0.6 is 12.6 Å². The number of thiol groups is 1. The van der Waals surface area contributed by atoms with E-state index in [0.717, 1.165) is 0 Å². The van der Waals surface area contributed by atoms with Crippen molar-refractivity contribution in [2.45, 2.75) is 58.3 Å². The molecule has 0 aromatic carbocycles. The van der Waals surface area contributed by atoms with E-state index in [4.69, 9.17) is 15.9 Å². The third kappa shape index (κ3) is 8.03. The summed E-state index contributed by atoms with van der Waals surface area (Å²) < 4.78 is 0.